The van der Waals surface area contributed by atoms with Crippen LogP contribution in [0.25, 0.3) is 6.08 Å². The molecule has 0 N–H and O–H groups in total. The third-order valence-corrected chi connectivity index (χ3v) is 1.67. The Morgan fingerprint density at radius 1 is 1.40 bits per heavy atom. The highest BCUT2D eigenvalue weighted by atomic mass is 16.6. The zero-order valence-corrected chi connectivity index (χ0v) is 8.68. The first-order valence-electron chi connectivity index (χ1n) is 4.62. The van der Waals surface area contributed by atoms with Crippen LogP contribution in [0.4, 0.5) is 5.69 Å². The lowest BCUT2D eigenvalue weighted by molar-refractivity contribution is -0.384. The first kappa shape index (κ1) is 11.1. The van der Waals surface area contributed by atoms with Crippen LogP contribution in [0.1, 0.15) is 19.4 Å². The predicted molar refractivity (Wildman–Crippen MR) is 60.1 cm³/mol. The van der Waals surface area contributed by atoms with Crippen LogP contribution in [0.3, 0.4) is 0 Å². The molecule has 0 saturated heterocycles. The van der Waals surface area contributed by atoms with Crippen molar-refractivity contribution in [3.05, 3.63) is 39.9 Å². The van der Waals surface area contributed by atoms with Crippen molar-refractivity contribution in [1.29, 1.82) is 0 Å². The summed E-state index contributed by atoms with van der Waals surface area (Å²) in [6.07, 6.45) is 1.70. The summed E-state index contributed by atoms with van der Waals surface area (Å²) < 4.78 is 0. The molecule has 0 amide bonds. The summed E-state index contributed by atoms with van der Waals surface area (Å²) in [5.41, 5.74) is 0.943. The molecule has 4 heteroatoms. The summed E-state index contributed by atoms with van der Waals surface area (Å²) in [6.45, 7) is 3.91. The molecular formula is C11H12N2O2. The molecule has 1 aromatic carbocycles. The van der Waals surface area contributed by atoms with E-state index in [1.807, 2.05) is 13.8 Å². The van der Waals surface area contributed by atoms with Crippen LogP contribution >= 0.6 is 0 Å². The van der Waals surface area contributed by atoms with Gasteiger partial charge >= 0.3 is 0 Å². The molecule has 0 aromatic heterocycles. The number of hydrogen-bond donors (Lipinski definition) is 0. The molecule has 0 radical (unpaired) electrons. The molecule has 0 aliphatic rings. The van der Waals surface area contributed by atoms with E-state index in [1.165, 1.54) is 12.1 Å². The molecule has 15 heavy (non-hydrogen) atoms. The number of benzene rings is 1. The molecule has 0 fully saturated rings. The van der Waals surface area contributed by atoms with Gasteiger partial charge in [-0.15, -0.1) is 0 Å². The number of aliphatic imine (C=N–C) groups is 1. The standard InChI is InChI=1S/C11H12N2O2/c1-9(2)12-8-7-10-3-5-11(6-4-10)13(14)15/h3-7,9H,1-2H3. The molecule has 0 aliphatic carbocycles. The number of hydrogen-bond acceptors (Lipinski definition) is 3. The van der Waals surface area contributed by atoms with E-state index in [1.54, 1.807) is 18.2 Å². The van der Waals surface area contributed by atoms with Crippen molar-refractivity contribution in [3.63, 3.8) is 0 Å². The van der Waals surface area contributed by atoms with E-state index >= 15 is 0 Å². The van der Waals surface area contributed by atoms with Crippen molar-refractivity contribution in [2.24, 2.45) is 4.99 Å². The SMILES string of the molecule is CC(C)N=C=Cc1ccc([N+](=O)[O-])cc1. The molecule has 0 aliphatic heterocycles. The van der Waals surface area contributed by atoms with Crippen LogP contribution in [0.15, 0.2) is 29.3 Å². The van der Waals surface area contributed by atoms with Gasteiger partial charge in [0, 0.05) is 18.2 Å². The van der Waals surface area contributed by atoms with E-state index in [0.29, 0.717) is 0 Å². The second-order valence-electron chi connectivity index (χ2n) is 3.34. The van der Waals surface area contributed by atoms with E-state index < -0.39 is 4.92 Å². The highest BCUT2D eigenvalue weighted by molar-refractivity contribution is 5.78. The van der Waals surface area contributed by atoms with Crippen LogP contribution in [0.5, 0.6) is 0 Å². The minimum Gasteiger partial charge on any atom is -0.258 e. The Balaban J connectivity index is 2.81. The third-order valence-electron chi connectivity index (χ3n) is 1.67. The van der Waals surface area contributed by atoms with E-state index in [-0.39, 0.29) is 11.7 Å². The molecule has 0 saturated carbocycles. The highest BCUT2D eigenvalue weighted by Crippen LogP contribution is 2.11. The molecule has 1 aromatic rings. The fourth-order valence-electron chi connectivity index (χ4n) is 0.953. The van der Waals surface area contributed by atoms with Gasteiger partial charge in [-0.3, -0.25) is 10.1 Å². The zero-order chi connectivity index (χ0) is 11.3. The zero-order valence-electron chi connectivity index (χ0n) is 8.68. The lowest BCUT2D eigenvalue weighted by Crippen LogP contribution is -1.87. The fourth-order valence-corrected chi connectivity index (χ4v) is 0.953. The van der Waals surface area contributed by atoms with Crippen molar-refractivity contribution >= 4 is 17.6 Å². The molecular weight excluding hydrogens is 192 g/mol. The lowest BCUT2D eigenvalue weighted by Gasteiger charge is -1.92. The largest absolute Gasteiger partial charge is 0.269 e. The van der Waals surface area contributed by atoms with Crippen molar-refractivity contribution in [2.75, 3.05) is 0 Å². The summed E-state index contributed by atoms with van der Waals surface area (Å²) in [4.78, 5) is 14.0. The fraction of sp³-hybridized carbons (Fsp3) is 0.273. The van der Waals surface area contributed by atoms with Gasteiger partial charge < -0.3 is 0 Å². The molecule has 78 valence electrons. The Labute approximate surface area is 88.1 Å². The van der Waals surface area contributed by atoms with Crippen molar-refractivity contribution < 1.29 is 4.92 Å². The average molecular weight is 204 g/mol. The quantitative estimate of drug-likeness (QED) is 0.431. The Bertz CT molecular complexity index is 401. The third kappa shape index (κ3) is 3.75. The summed E-state index contributed by atoms with van der Waals surface area (Å²) in [5, 5.41) is 10.4. The Morgan fingerprint density at radius 3 is 2.47 bits per heavy atom. The summed E-state index contributed by atoms with van der Waals surface area (Å²) in [7, 11) is 0. The number of rotatable bonds is 3. The molecule has 0 atom stereocenters. The van der Waals surface area contributed by atoms with Gasteiger partial charge in [0.15, 0.2) is 0 Å². The van der Waals surface area contributed by atoms with Gasteiger partial charge in [-0.1, -0.05) is 0 Å². The van der Waals surface area contributed by atoms with Gasteiger partial charge in [-0.05, 0) is 37.4 Å². The first-order valence-corrected chi connectivity index (χ1v) is 4.62. The van der Waals surface area contributed by atoms with E-state index in [0.717, 1.165) is 5.56 Å². The van der Waals surface area contributed by atoms with Crippen molar-refractivity contribution in [1.82, 2.24) is 0 Å². The highest BCUT2D eigenvalue weighted by Gasteiger charge is 2.01. The van der Waals surface area contributed by atoms with E-state index in [4.69, 9.17) is 0 Å². The van der Waals surface area contributed by atoms with Gasteiger partial charge in [0.2, 0.25) is 0 Å². The van der Waals surface area contributed by atoms with Gasteiger partial charge in [-0.2, -0.15) is 0 Å². The molecule has 0 bridgehead atoms. The maximum atomic E-state index is 10.4. The second kappa shape index (κ2) is 5.08. The summed E-state index contributed by atoms with van der Waals surface area (Å²) >= 11 is 0. The number of nitro groups is 1. The summed E-state index contributed by atoms with van der Waals surface area (Å²) in [5.74, 6) is 2.78. The topological polar surface area (TPSA) is 55.5 Å². The average Bonchev–Trinajstić information content (AvgIpc) is 2.18. The summed E-state index contributed by atoms with van der Waals surface area (Å²) in [6, 6.07) is 6.47. The van der Waals surface area contributed by atoms with Crippen molar-refractivity contribution in [3.8, 4) is 0 Å². The van der Waals surface area contributed by atoms with E-state index in [9.17, 15) is 10.1 Å². The van der Waals surface area contributed by atoms with Crippen LogP contribution in [-0.2, 0) is 0 Å². The molecule has 1 rings (SSSR count). The van der Waals surface area contributed by atoms with Crippen LogP contribution in [0.2, 0.25) is 0 Å². The normalized spacial score (nSPS) is 9.53. The Kier molecular flexibility index (Phi) is 3.77. The Hall–Kier alpha value is -1.93. The van der Waals surface area contributed by atoms with Crippen molar-refractivity contribution in [2.45, 2.75) is 19.9 Å². The number of nitrogens with zero attached hydrogens (tertiary/aromatic N) is 2. The lowest BCUT2D eigenvalue weighted by atomic mass is 10.2. The number of nitro benzene ring substituents is 1. The molecule has 0 heterocycles. The minimum absolute atomic E-state index is 0.0907. The monoisotopic (exact) mass is 204 g/mol. The smallest absolute Gasteiger partial charge is 0.258 e. The van der Waals surface area contributed by atoms with Gasteiger partial charge in [0.1, 0.15) is 0 Å². The molecule has 0 unspecified atom stereocenters. The van der Waals surface area contributed by atoms with E-state index in [2.05, 4.69) is 10.9 Å². The van der Waals surface area contributed by atoms with Crippen LogP contribution < -0.4 is 0 Å². The molecule has 0 spiro atoms. The van der Waals surface area contributed by atoms with Crippen LogP contribution in [0, 0.1) is 10.1 Å². The van der Waals surface area contributed by atoms with Gasteiger partial charge in [0.05, 0.1) is 11.0 Å². The minimum atomic E-state index is -0.421. The maximum Gasteiger partial charge on any atom is 0.269 e. The Morgan fingerprint density at radius 2 is 2.00 bits per heavy atom. The van der Waals surface area contributed by atoms with Gasteiger partial charge in [-0.25, -0.2) is 4.99 Å². The first-order chi connectivity index (χ1) is 7.09. The molecule has 4 nitrogen and oxygen atoms in total. The predicted octanol–water partition coefficient (Wildman–Crippen LogP) is 2.69. The number of non-ortho nitro benzene ring substituents is 1. The second-order valence-corrected chi connectivity index (χ2v) is 3.34. The maximum absolute atomic E-state index is 10.4. The van der Waals surface area contributed by atoms with Gasteiger partial charge in [0.25, 0.3) is 5.69 Å². The van der Waals surface area contributed by atoms with Crippen LogP contribution in [-0.4, -0.2) is 16.8 Å².